The van der Waals surface area contributed by atoms with E-state index in [9.17, 15) is 0 Å². The second-order valence-corrected chi connectivity index (χ2v) is 12.6. The fourth-order valence-electron chi connectivity index (χ4n) is 7.77. The second kappa shape index (κ2) is 10.6. The fraction of sp³-hybridized carbons (Fsp3) is 0. The summed E-state index contributed by atoms with van der Waals surface area (Å²) < 4.78 is 4.93. The van der Waals surface area contributed by atoms with E-state index in [1.807, 2.05) is 0 Å². The zero-order valence-electron chi connectivity index (χ0n) is 26.2. The molecule has 0 radical (unpaired) electrons. The van der Waals surface area contributed by atoms with Crippen molar-refractivity contribution in [3.8, 4) is 33.6 Å². The lowest BCUT2D eigenvalue weighted by Crippen LogP contribution is -1.97. The molecule has 10 rings (SSSR count). The average Bonchev–Trinajstić information content (AvgIpc) is 3.68. The quantitative estimate of drug-likeness (QED) is 0.188. The molecule has 8 aromatic carbocycles. The first kappa shape index (κ1) is 26.8. The van der Waals surface area contributed by atoms with E-state index in [2.05, 4.69) is 191 Å². The topological polar surface area (TPSA) is 9.86 Å². The van der Waals surface area contributed by atoms with E-state index in [1.54, 1.807) is 0 Å². The van der Waals surface area contributed by atoms with Gasteiger partial charge in [0.1, 0.15) is 0 Å². The molecule has 0 aliphatic carbocycles. The molecule has 0 saturated carbocycles. The van der Waals surface area contributed by atoms with Gasteiger partial charge in [-0.15, -0.1) is 0 Å². The highest BCUT2D eigenvalue weighted by atomic mass is 15.0. The van der Waals surface area contributed by atoms with Crippen LogP contribution in [0.2, 0.25) is 0 Å². The van der Waals surface area contributed by atoms with Crippen molar-refractivity contribution >= 4 is 54.4 Å². The molecule has 0 bridgehead atoms. The van der Waals surface area contributed by atoms with Crippen molar-refractivity contribution in [1.82, 2.24) is 9.13 Å². The van der Waals surface area contributed by atoms with E-state index in [0.717, 1.165) is 11.4 Å². The number of aromatic nitrogens is 2. The van der Waals surface area contributed by atoms with Crippen LogP contribution in [-0.4, -0.2) is 9.13 Å². The fourth-order valence-corrected chi connectivity index (χ4v) is 7.77. The summed E-state index contributed by atoms with van der Waals surface area (Å²) in [4.78, 5) is 0. The minimum Gasteiger partial charge on any atom is -0.309 e. The molecule has 0 N–H and O–H groups in total. The third-order valence-corrected chi connectivity index (χ3v) is 9.89. The maximum absolute atomic E-state index is 2.50. The first-order valence-electron chi connectivity index (χ1n) is 16.5. The highest BCUT2D eigenvalue weighted by molar-refractivity contribution is 6.26. The molecule has 2 heteroatoms. The first-order valence-corrected chi connectivity index (χ1v) is 16.5. The van der Waals surface area contributed by atoms with Crippen molar-refractivity contribution in [2.75, 3.05) is 0 Å². The van der Waals surface area contributed by atoms with Crippen LogP contribution in [0.4, 0.5) is 0 Å². The first-order chi connectivity index (χ1) is 23.8. The molecular weight excluding hydrogens is 581 g/mol. The van der Waals surface area contributed by atoms with Crippen LogP contribution < -0.4 is 0 Å². The molecule has 0 aliphatic heterocycles. The normalized spacial score (nSPS) is 11.8. The van der Waals surface area contributed by atoms with E-state index in [4.69, 9.17) is 0 Å². The minimum absolute atomic E-state index is 1.15. The van der Waals surface area contributed by atoms with Gasteiger partial charge >= 0.3 is 0 Å². The Kier molecular flexibility index (Phi) is 5.91. The van der Waals surface area contributed by atoms with Gasteiger partial charge in [-0.3, -0.25) is 0 Å². The number of hydrogen-bond acceptors (Lipinski definition) is 0. The van der Waals surface area contributed by atoms with Crippen molar-refractivity contribution in [2.24, 2.45) is 0 Å². The maximum atomic E-state index is 2.50. The molecule has 0 saturated heterocycles. The third-order valence-electron chi connectivity index (χ3n) is 9.89. The second-order valence-electron chi connectivity index (χ2n) is 12.6. The van der Waals surface area contributed by atoms with Crippen LogP contribution in [0.15, 0.2) is 182 Å². The minimum atomic E-state index is 1.15. The predicted octanol–water partition coefficient (Wildman–Crippen LogP) is 12.4. The van der Waals surface area contributed by atoms with Crippen LogP contribution in [0.5, 0.6) is 0 Å². The van der Waals surface area contributed by atoms with Gasteiger partial charge < -0.3 is 9.13 Å². The summed E-state index contributed by atoms with van der Waals surface area (Å²) in [5, 5.41) is 7.52. The van der Waals surface area contributed by atoms with Crippen LogP contribution in [0.3, 0.4) is 0 Å². The lowest BCUT2D eigenvalue weighted by molar-refractivity contribution is 1.18. The monoisotopic (exact) mass is 610 g/mol. The zero-order valence-corrected chi connectivity index (χ0v) is 26.2. The molecular formula is C46H30N2. The zero-order chi connectivity index (χ0) is 31.6. The van der Waals surface area contributed by atoms with E-state index in [1.165, 1.54) is 76.6 Å². The summed E-state index contributed by atoms with van der Waals surface area (Å²) in [6.45, 7) is 0. The van der Waals surface area contributed by atoms with Crippen molar-refractivity contribution in [1.29, 1.82) is 0 Å². The summed E-state index contributed by atoms with van der Waals surface area (Å²) in [5.74, 6) is 0. The Bertz CT molecular complexity index is 2800. The van der Waals surface area contributed by atoms with Crippen LogP contribution in [-0.2, 0) is 0 Å². The van der Waals surface area contributed by atoms with Crippen molar-refractivity contribution < 1.29 is 0 Å². The summed E-state index contributed by atoms with van der Waals surface area (Å²) in [5.41, 5.74) is 12.1. The molecule has 48 heavy (non-hydrogen) atoms. The van der Waals surface area contributed by atoms with Crippen LogP contribution in [0, 0.1) is 0 Å². The van der Waals surface area contributed by atoms with Gasteiger partial charge in [-0.25, -0.2) is 0 Å². The highest BCUT2D eigenvalue weighted by Gasteiger charge is 2.21. The highest BCUT2D eigenvalue weighted by Crippen LogP contribution is 2.43. The Morgan fingerprint density at radius 2 is 0.896 bits per heavy atom. The van der Waals surface area contributed by atoms with Crippen molar-refractivity contribution in [3.63, 3.8) is 0 Å². The van der Waals surface area contributed by atoms with Crippen LogP contribution in [0.1, 0.15) is 0 Å². The van der Waals surface area contributed by atoms with Gasteiger partial charge in [0, 0.05) is 32.9 Å². The molecule has 0 atom stereocenters. The van der Waals surface area contributed by atoms with Crippen molar-refractivity contribution in [3.05, 3.63) is 182 Å². The van der Waals surface area contributed by atoms with Gasteiger partial charge in [0.25, 0.3) is 0 Å². The molecule has 0 spiro atoms. The lowest BCUT2D eigenvalue weighted by Gasteiger charge is -2.14. The summed E-state index contributed by atoms with van der Waals surface area (Å²) in [6, 6.07) is 66.2. The predicted molar refractivity (Wildman–Crippen MR) is 203 cm³/mol. The smallest absolute Gasteiger partial charge is 0.0641 e. The van der Waals surface area contributed by atoms with Crippen LogP contribution in [0.25, 0.3) is 88.0 Å². The molecule has 0 unspecified atom stereocenters. The molecule has 2 aromatic heterocycles. The molecule has 0 fully saturated rings. The molecule has 224 valence electrons. The summed E-state index contributed by atoms with van der Waals surface area (Å²) >= 11 is 0. The van der Waals surface area contributed by atoms with Gasteiger partial charge in [0.05, 0.1) is 22.1 Å². The van der Waals surface area contributed by atoms with Gasteiger partial charge in [-0.1, -0.05) is 140 Å². The number of para-hydroxylation sites is 2. The van der Waals surface area contributed by atoms with E-state index in [-0.39, 0.29) is 0 Å². The van der Waals surface area contributed by atoms with Crippen molar-refractivity contribution in [2.45, 2.75) is 0 Å². The molecule has 2 heterocycles. The number of fused-ring (bicyclic) bond motifs is 8. The summed E-state index contributed by atoms with van der Waals surface area (Å²) in [7, 11) is 0. The molecule has 0 amide bonds. The van der Waals surface area contributed by atoms with Crippen LogP contribution >= 0.6 is 0 Å². The Morgan fingerprint density at radius 3 is 1.65 bits per heavy atom. The molecule has 0 aliphatic rings. The van der Waals surface area contributed by atoms with Gasteiger partial charge in [-0.2, -0.15) is 0 Å². The molecule has 2 nitrogen and oxygen atoms in total. The Labute approximate surface area is 278 Å². The largest absolute Gasteiger partial charge is 0.309 e. The van der Waals surface area contributed by atoms with E-state index >= 15 is 0 Å². The number of hydrogen-bond donors (Lipinski definition) is 0. The summed E-state index contributed by atoms with van der Waals surface area (Å²) in [6.07, 6.45) is 0. The van der Waals surface area contributed by atoms with Gasteiger partial charge in [-0.05, 0) is 75.5 Å². The molecule has 10 aromatic rings. The average molecular weight is 611 g/mol. The van der Waals surface area contributed by atoms with E-state index in [0.29, 0.717) is 0 Å². The Hall–Kier alpha value is -6.38. The number of nitrogens with zero attached hydrogens (tertiary/aromatic N) is 2. The number of benzene rings is 8. The number of rotatable bonds is 4. The lowest BCUT2D eigenvalue weighted by atomic mass is 9.97. The SMILES string of the molecule is c1ccc(-c2ccc(-n3c4ccccc4c4c3ccc3c5ccccc5n(-c5cc(-c6ccccc6)c6ccccc6c5)c34)cc2)cc1. The standard InChI is InChI=1S/C46H30N2/c1-3-13-31(14-4-1)32-23-25-35(26-24-32)47-43-22-12-10-20-40(43)45-44(47)28-27-39-38-19-9-11-21-42(38)48(46(39)45)36-29-34-17-7-8-18-37(34)41(30-36)33-15-5-2-6-16-33/h1-30H. The van der Waals surface area contributed by atoms with Gasteiger partial charge in [0.15, 0.2) is 0 Å². The Balaban J connectivity index is 1.31. The maximum Gasteiger partial charge on any atom is 0.0641 e. The Morgan fingerprint density at radius 1 is 0.312 bits per heavy atom. The third kappa shape index (κ3) is 4.00. The van der Waals surface area contributed by atoms with E-state index < -0.39 is 0 Å². The van der Waals surface area contributed by atoms with Gasteiger partial charge in [0.2, 0.25) is 0 Å².